The minimum Gasteiger partial charge on any atom is -0.384 e. The van der Waals surface area contributed by atoms with E-state index in [4.69, 9.17) is 5.73 Å². The second kappa shape index (κ2) is 4.16. The predicted octanol–water partition coefficient (Wildman–Crippen LogP) is 0.579. The maximum Gasteiger partial charge on any atom is 0.317 e. The van der Waals surface area contributed by atoms with Gasteiger partial charge in [-0.3, -0.25) is 0 Å². The van der Waals surface area contributed by atoms with Gasteiger partial charge in [-0.25, -0.2) is 9.78 Å². The van der Waals surface area contributed by atoms with E-state index in [2.05, 4.69) is 10.3 Å². The van der Waals surface area contributed by atoms with Crippen LogP contribution in [0.1, 0.15) is 12.0 Å². The van der Waals surface area contributed by atoms with E-state index in [1.807, 2.05) is 6.07 Å². The van der Waals surface area contributed by atoms with E-state index >= 15 is 0 Å². The Morgan fingerprint density at radius 3 is 3.07 bits per heavy atom. The molecule has 3 N–H and O–H groups in total. The Bertz CT molecular complexity index is 349. The predicted molar refractivity (Wildman–Crippen MR) is 57.1 cm³/mol. The van der Waals surface area contributed by atoms with Gasteiger partial charge in [0.25, 0.3) is 0 Å². The Balaban J connectivity index is 2.01. The molecule has 80 valence electrons. The Hall–Kier alpha value is -1.78. The zero-order valence-electron chi connectivity index (χ0n) is 8.44. The lowest BCUT2D eigenvalue weighted by Gasteiger charge is -2.27. The van der Waals surface area contributed by atoms with Gasteiger partial charge in [0.15, 0.2) is 0 Å². The van der Waals surface area contributed by atoms with Crippen molar-refractivity contribution in [2.75, 3.05) is 18.8 Å². The van der Waals surface area contributed by atoms with Crippen molar-refractivity contribution in [2.45, 2.75) is 13.0 Å². The molecule has 1 aromatic heterocycles. The zero-order valence-corrected chi connectivity index (χ0v) is 8.44. The first kappa shape index (κ1) is 9.76. The molecule has 0 bridgehead atoms. The van der Waals surface area contributed by atoms with E-state index in [1.54, 1.807) is 17.2 Å². The van der Waals surface area contributed by atoms with Crippen molar-refractivity contribution in [3.8, 4) is 0 Å². The summed E-state index contributed by atoms with van der Waals surface area (Å²) < 4.78 is 0. The van der Waals surface area contributed by atoms with Gasteiger partial charge in [0.2, 0.25) is 0 Å². The third-order valence-corrected chi connectivity index (χ3v) is 2.39. The smallest absolute Gasteiger partial charge is 0.317 e. The van der Waals surface area contributed by atoms with E-state index in [9.17, 15) is 4.79 Å². The van der Waals surface area contributed by atoms with Crippen LogP contribution in [-0.2, 0) is 6.54 Å². The molecule has 1 fully saturated rings. The molecule has 2 amide bonds. The van der Waals surface area contributed by atoms with Crippen molar-refractivity contribution < 1.29 is 4.79 Å². The van der Waals surface area contributed by atoms with Crippen LogP contribution in [0.25, 0.3) is 0 Å². The molecule has 15 heavy (non-hydrogen) atoms. The van der Waals surface area contributed by atoms with Gasteiger partial charge in [0.1, 0.15) is 5.82 Å². The first-order chi connectivity index (χ1) is 7.25. The van der Waals surface area contributed by atoms with Crippen LogP contribution < -0.4 is 11.1 Å². The Morgan fingerprint density at radius 1 is 1.53 bits per heavy atom. The zero-order chi connectivity index (χ0) is 10.7. The number of hydrogen-bond acceptors (Lipinski definition) is 3. The first-order valence-corrected chi connectivity index (χ1v) is 4.99. The molecule has 1 aromatic rings. The normalized spacial score (nSPS) is 16.3. The minimum atomic E-state index is -0.00178. The number of nitrogen functional groups attached to an aromatic ring is 1. The van der Waals surface area contributed by atoms with E-state index in [0.29, 0.717) is 12.4 Å². The molecule has 0 radical (unpaired) electrons. The SMILES string of the molecule is Nc1ccc(CN2CCCNC2=O)cn1. The average Bonchev–Trinajstić information content (AvgIpc) is 2.25. The van der Waals surface area contributed by atoms with Crippen LogP contribution in [0.4, 0.5) is 10.6 Å². The number of urea groups is 1. The van der Waals surface area contributed by atoms with Crippen LogP contribution in [0.15, 0.2) is 18.3 Å². The van der Waals surface area contributed by atoms with Crippen LogP contribution in [0.3, 0.4) is 0 Å². The van der Waals surface area contributed by atoms with Crippen molar-refractivity contribution >= 4 is 11.8 Å². The summed E-state index contributed by atoms with van der Waals surface area (Å²) in [7, 11) is 0. The van der Waals surface area contributed by atoms with Crippen molar-refractivity contribution in [3.05, 3.63) is 23.9 Å². The molecule has 1 aliphatic rings. The monoisotopic (exact) mass is 206 g/mol. The number of nitrogens with one attached hydrogen (secondary N) is 1. The number of nitrogens with two attached hydrogens (primary N) is 1. The third kappa shape index (κ3) is 2.37. The summed E-state index contributed by atoms with van der Waals surface area (Å²) in [4.78, 5) is 17.2. The van der Waals surface area contributed by atoms with Gasteiger partial charge in [-0.05, 0) is 18.1 Å². The molecular weight excluding hydrogens is 192 g/mol. The Kier molecular flexibility index (Phi) is 2.71. The van der Waals surface area contributed by atoms with E-state index < -0.39 is 0 Å². The molecule has 1 saturated heterocycles. The topological polar surface area (TPSA) is 71.2 Å². The highest BCUT2D eigenvalue weighted by atomic mass is 16.2. The molecule has 0 aliphatic carbocycles. The molecule has 2 heterocycles. The van der Waals surface area contributed by atoms with Crippen LogP contribution in [0, 0.1) is 0 Å². The van der Waals surface area contributed by atoms with Gasteiger partial charge in [-0.15, -0.1) is 0 Å². The van der Waals surface area contributed by atoms with Crippen molar-refractivity contribution in [2.24, 2.45) is 0 Å². The summed E-state index contributed by atoms with van der Waals surface area (Å²) in [6.07, 6.45) is 2.70. The molecular formula is C10H14N4O. The average molecular weight is 206 g/mol. The van der Waals surface area contributed by atoms with Crippen LogP contribution in [0.2, 0.25) is 0 Å². The summed E-state index contributed by atoms with van der Waals surface area (Å²) in [5, 5.41) is 2.81. The number of carbonyl (C=O) groups excluding carboxylic acids is 1. The van der Waals surface area contributed by atoms with Crippen molar-refractivity contribution in [1.82, 2.24) is 15.2 Å². The molecule has 1 aliphatic heterocycles. The fraction of sp³-hybridized carbons (Fsp3) is 0.400. The Labute approximate surface area is 88.3 Å². The second-order valence-corrected chi connectivity index (χ2v) is 3.60. The number of hydrogen-bond donors (Lipinski definition) is 2. The Morgan fingerprint density at radius 2 is 2.40 bits per heavy atom. The maximum absolute atomic E-state index is 11.4. The lowest BCUT2D eigenvalue weighted by atomic mass is 10.2. The number of carbonyl (C=O) groups is 1. The van der Waals surface area contributed by atoms with Gasteiger partial charge in [0.05, 0.1) is 0 Å². The summed E-state index contributed by atoms with van der Waals surface area (Å²) in [6.45, 7) is 2.17. The van der Waals surface area contributed by atoms with Crippen LogP contribution in [0.5, 0.6) is 0 Å². The number of aromatic nitrogens is 1. The number of amides is 2. The van der Waals surface area contributed by atoms with Gasteiger partial charge >= 0.3 is 6.03 Å². The number of rotatable bonds is 2. The minimum absolute atomic E-state index is 0.00178. The van der Waals surface area contributed by atoms with Crippen LogP contribution in [-0.4, -0.2) is 29.0 Å². The molecule has 5 heteroatoms. The first-order valence-electron chi connectivity index (χ1n) is 4.99. The molecule has 2 rings (SSSR count). The summed E-state index contributed by atoms with van der Waals surface area (Å²) in [6, 6.07) is 3.64. The molecule has 0 aromatic carbocycles. The highest BCUT2D eigenvalue weighted by molar-refractivity contribution is 5.74. The quantitative estimate of drug-likeness (QED) is 0.743. The number of anilines is 1. The van der Waals surface area contributed by atoms with Gasteiger partial charge in [0, 0.05) is 25.8 Å². The van der Waals surface area contributed by atoms with Gasteiger partial charge in [-0.1, -0.05) is 6.07 Å². The highest BCUT2D eigenvalue weighted by Gasteiger charge is 2.17. The van der Waals surface area contributed by atoms with E-state index in [0.717, 1.165) is 25.1 Å². The summed E-state index contributed by atoms with van der Waals surface area (Å²) >= 11 is 0. The fourth-order valence-corrected chi connectivity index (χ4v) is 1.58. The standard InChI is InChI=1S/C10H14N4O/c11-9-3-2-8(6-13-9)7-14-5-1-4-12-10(14)15/h2-3,6H,1,4-5,7H2,(H2,11,13)(H,12,15). The number of pyridine rings is 1. The molecule has 0 atom stereocenters. The highest BCUT2D eigenvalue weighted by Crippen LogP contribution is 2.08. The van der Waals surface area contributed by atoms with E-state index in [-0.39, 0.29) is 6.03 Å². The van der Waals surface area contributed by atoms with Gasteiger partial charge < -0.3 is 16.0 Å². The summed E-state index contributed by atoms with van der Waals surface area (Å²) in [5.74, 6) is 0.502. The lowest BCUT2D eigenvalue weighted by Crippen LogP contribution is -2.45. The fourth-order valence-electron chi connectivity index (χ4n) is 1.58. The summed E-state index contributed by atoms with van der Waals surface area (Å²) in [5.41, 5.74) is 6.48. The molecule has 0 unspecified atom stereocenters. The largest absolute Gasteiger partial charge is 0.384 e. The molecule has 0 saturated carbocycles. The maximum atomic E-state index is 11.4. The van der Waals surface area contributed by atoms with E-state index in [1.165, 1.54) is 0 Å². The third-order valence-electron chi connectivity index (χ3n) is 2.39. The van der Waals surface area contributed by atoms with Gasteiger partial charge in [-0.2, -0.15) is 0 Å². The second-order valence-electron chi connectivity index (χ2n) is 3.60. The molecule has 5 nitrogen and oxygen atoms in total. The molecule has 0 spiro atoms. The van der Waals surface area contributed by atoms with Crippen molar-refractivity contribution in [3.63, 3.8) is 0 Å². The van der Waals surface area contributed by atoms with Crippen molar-refractivity contribution in [1.29, 1.82) is 0 Å². The lowest BCUT2D eigenvalue weighted by molar-refractivity contribution is 0.183. The van der Waals surface area contributed by atoms with Crippen LogP contribution >= 0.6 is 0 Å². The number of nitrogens with zero attached hydrogens (tertiary/aromatic N) is 2.